The second-order valence-corrected chi connectivity index (χ2v) is 9.96. The number of nitrogens with zero attached hydrogens (tertiary/aromatic N) is 2. The average molecular weight is 518 g/mol. The van der Waals surface area contributed by atoms with Crippen LogP contribution in [0.25, 0.3) is 22.3 Å². The van der Waals surface area contributed by atoms with Gasteiger partial charge in [0.1, 0.15) is 18.4 Å². The standard InChI is InChI=1S/C28H27N3O7/c1-14(2)23(30-22(33)9-8-15(3)32)27(35)38-25-18-11-21-24-17(10-16-6-4-5-7-20(16)29-24)12-31(21)26(34)19(18)13-37-28(25)36/h4-7,10-11,14,23,25H,8-9,12-13H2,1-3H3,(H,30,33)/t23-,25+/m1/s1. The molecule has 2 aliphatic heterocycles. The molecule has 1 N–H and O–H groups in total. The largest absolute Gasteiger partial charge is 0.458 e. The second-order valence-electron chi connectivity index (χ2n) is 9.96. The summed E-state index contributed by atoms with van der Waals surface area (Å²) in [7, 11) is 0. The number of aromatic nitrogens is 2. The first kappa shape index (κ1) is 25.3. The predicted molar refractivity (Wildman–Crippen MR) is 136 cm³/mol. The third kappa shape index (κ3) is 4.57. The number of carbonyl (C=O) groups is 4. The number of Topliss-reactive ketones (excluding diaryl/α,β-unsaturated/α-hetero) is 1. The molecule has 2 aromatic heterocycles. The monoisotopic (exact) mass is 517 g/mol. The van der Waals surface area contributed by atoms with Crippen molar-refractivity contribution < 1.29 is 28.7 Å². The molecule has 5 rings (SSSR count). The summed E-state index contributed by atoms with van der Waals surface area (Å²) in [5.74, 6) is -2.62. The highest BCUT2D eigenvalue weighted by Gasteiger charge is 2.39. The Kier molecular flexibility index (Phi) is 6.56. The van der Waals surface area contributed by atoms with Crippen LogP contribution in [-0.2, 0) is 41.8 Å². The fraction of sp³-hybridized carbons (Fsp3) is 0.357. The van der Waals surface area contributed by atoms with Crippen molar-refractivity contribution in [3.05, 3.63) is 63.4 Å². The third-order valence-electron chi connectivity index (χ3n) is 6.84. The molecule has 1 amide bonds. The molecule has 0 fully saturated rings. The normalized spacial score (nSPS) is 16.3. The minimum absolute atomic E-state index is 0.0495. The number of carbonyl (C=O) groups excluding carboxylic acids is 4. The molecule has 0 saturated carbocycles. The van der Waals surface area contributed by atoms with Crippen LogP contribution < -0.4 is 10.9 Å². The number of rotatable bonds is 7. The van der Waals surface area contributed by atoms with E-state index in [-0.39, 0.29) is 47.8 Å². The van der Waals surface area contributed by atoms with Crippen molar-refractivity contribution >= 4 is 34.5 Å². The van der Waals surface area contributed by atoms with E-state index in [0.29, 0.717) is 17.9 Å². The van der Waals surface area contributed by atoms with Gasteiger partial charge < -0.3 is 24.2 Å². The maximum Gasteiger partial charge on any atom is 0.352 e. The summed E-state index contributed by atoms with van der Waals surface area (Å²) in [5, 5.41) is 3.54. The number of amides is 1. The van der Waals surface area contributed by atoms with Crippen molar-refractivity contribution in [3.8, 4) is 11.4 Å². The van der Waals surface area contributed by atoms with Crippen LogP contribution >= 0.6 is 0 Å². The molecule has 2 atom stereocenters. The van der Waals surface area contributed by atoms with Gasteiger partial charge in [-0.2, -0.15) is 0 Å². The summed E-state index contributed by atoms with van der Waals surface area (Å²) in [4.78, 5) is 67.6. The van der Waals surface area contributed by atoms with Gasteiger partial charge in [0.25, 0.3) is 5.56 Å². The molecule has 3 aromatic rings. The molecule has 0 aliphatic carbocycles. The van der Waals surface area contributed by atoms with Gasteiger partial charge in [0.2, 0.25) is 12.0 Å². The summed E-state index contributed by atoms with van der Waals surface area (Å²) in [5.41, 5.74) is 2.94. The quantitative estimate of drug-likeness (QED) is 0.370. The summed E-state index contributed by atoms with van der Waals surface area (Å²) < 4.78 is 12.4. The van der Waals surface area contributed by atoms with Crippen molar-refractivity contribution in [2.24, 2.45) is 5.92 Å². The number of esters is 2. The zero-order valence-electron chi connectivity index (χ0n) is 21.3. The Morgan fingerprint density at radius 3 is 2.66 bits per heavy atom. The van der Waals surface area contributed by atoms with E-state index in [4.69, 9.17) is 14.5 Å². The fourth-order valence-electron chi connectivity index (χ4n) is 4.79. The Morgan fingerprint density at radius 2 is 1.92 bits per heavy atom. The molecule has 0 saturated heterocycles. The van der Waals surface area contributed by atoms with E-state index < -0.39 is 30.0 Å². The maximum atomic E-state index is 13.4. The van der Waals surface area contributed by atoms with Crippen LogP contribution in [0.1, 0.15) is 56.4 Å². The first-order valence-electron chi connectivity index (χ1n) is 12.5. The zero-order valence-corrected chi connectivity index (χ0v) is 21.3. The van der Waals surface area contributed by atoms with Crippen molar-refractivity contribution in [2.45, 2.75) is 58.9 Å². The van der Waals surface area contributed by atoms with E-state index in [1.165, 1.54) is 6.92 Å². The van der Waals surface area contributed by atoms with E-state index >= 15 is 0 Å². The zero-order chi connectivity index (χ0) is 27.1. The van der Waals surface area contributed by atoms with Crippen molar-refractivity contribution in [1.82, 2.24) is 14.9 Å². The fourth-order valence-corrected chi connectivity index (χ4v) is 4.79. The highest BCUT2D eigenvalue weighted by atomic mass is 16.6. The number of hydrogen-bond donors (Lipinski definition) is 1. The van der Waals surface area contributed by atoms with Crippen LogP contribution in [-0.4, -0.2) is 39.2 Å². The Bertz CT molecular complexity index is 1560. The molecular formula is C28H27N3O7. The lowest BCUT2D eigenvalue weighted by Gasteiger charge is -2.28. The van der Waals surface area contributed by atoms with Gasteiger partial charge in [0.05, 0.1) is 29.0 Å². The minimum Gasteiger partial charge on any atom is -0.458 e. The first-order chi connectivity index (χ1) is 18.1. The summed E-state index contributed by atoms with van der Waals surface area (Å²) >= 11 is 0. The maximum absolute atomic E-state index is 13.4. The van der Waals surface area contributed by atoms with Crippen LogP contribution in [0.3, 0.4) is 0 Å². The molecule has 10 heteroatoms. The van der Waals surface area contributed by atoms with Gasteiger partial charge in [0.15, 0.2) is 0 Å². The molecule has 4 heterocycles. The number of ketones is 1. The molecule has 0 spiro atoms. The molecule has 2 aliphatic rings. The number of cyclic esters (lactones) is 1. The lowest BCUT2D eigenvalue weighted by atomic mass is 9.99. The van der Waals surface area contributed by atoms with Gasteiger partial charge in [-0.15, -0.1) is 0 Å². The summed E-state index contributed by atoms with van der Waals surface area (Å²) in [6.45, 7) is 4.91. The van der Waals surface area contributed by atoms with Crippen LogP contribution in [0.15, 0.2) is 41.2 Å². The lowest BCUT2D eigenvalue weighted by molar-refractivity contribution is -0.173. The van der Waals surface area contributed by atoms with Gasteiger partial charge in [-0.1, -0.05) is 32.0 Å². The van der Waals surface area contributed by atoms with Crippen molar-refractivity contribution in [2.75, 3.05) is 0 Å². The number of ether oxygens (including phenoxy) is 2. The van der Waals surface area contributed by atoms with Gasteiger partial charge in [-0.05, 0) is 31.0 Å². The highest BCUT2D eigenvalue weighted by molar-refractivity contribution is 5.89. The second kappa shape index (κ2) is 9.85. The third-order valence-corrected chi connectivity index (χ3v) is 6.84. The summed E-state index contributed by atoms with van der Waals surface area (Å²) in [6, 6.07) is 10.2. The topological polar surface area (TPSA) is 134 Å². The predicted octanol–water partition coefficient (Wildman–Crippen LogP) is 2.58. The number of para-hydroxylation sites is 1. The number of nitrogens with one attached hydrogen (secondary N) is 1. The smallest absolute Gasteiger partial charge is 0.352 e. The van der Waals surface area contributed by atoms with Crippen LogP contribution in [0.4, 0.5) is 0 Å². The van der Waals surface area contributed by atoms with Gasteiger partial charge in [-0.3, -0.25) is 9.59 Å². The molecule has 38 heavy (non-hydrogen) atoms. The van der Waals surface area contributed by atoms with Crippen molar-refractivity contribution in [1.29, 1.82) is 0 Å². The van der Waals surface area contributed by atoms with Crippen molar-refractivity contribution in [3.63, 3.8) is 0 Å². The van der Waals surface area contributed by atoms with E-state index in [1.54, 1.807) is 24.5 Å². The van der Waals surface area contributed by atoms with E-state index in [9.17, 15) is 24.0 Å². The average Bonchev–Trinajstić information content (AvgIpc) is 3.23. The molecule has 0 bridgehead atoms. The van der Waals surface area contributed by atoms with E-state index in [2.05, 4.69) is 5.32 Å². The minimum atomic E-state index is -1.47. The Balaban J connectivity index is 1.47. The lowest BCUT2D eigenvalue weighted by Crippen LogP contribution is -2.46. The van der Waals surface area contributed by atoms with Gasteiger partial charge in [0, 0.05) is 29.4 Å². The van der Waals surface area contributed by atoms with Gasteiger partial charge in [-0.25, -0.2) is 14.6 Å². The van der Waals surface area contributed by atoms with E-state index in [0.717, 1.165) is 16.5 Å². The molecule has 196 valence electrons. The number of pyridine rings is 2. The number of benzene rings is 1. The van der Waals surface area contributed by atoms with Gasteiger partial charge >= 0.3 is 11.9 Å². The van der Waals surface area contributed by atoms with Crippen LogP contribution in [0, 0.1) is 5.92 Å². The Hall–Kier alpha value is -4.34. The number of hydrogen-bond acceptors (Lipinski definition) is 8. The Morgan fingerprint density at radius 1 is 1.16 bits per heavy atom. The van der Waals surface area contributed by atoms with Crippen LogP contribution in [0.2, 0.25) is 0 Å². The SMILES string of the molecule is CC(=O)CCC(=O)N[C@@H](C(=O)O[C@@H]1C(=O)OCc2c1cc1n(c2=O)Cc2cc3ccccc3nc2-1)C(C)C. The van der Waals surface area contributed by atoms with E-state index in [1.807, 2.05) is 30.3 Å². The summed E-state index contributed by atoms with van der Waals surface area (Å²) in [6.07, 6.45) is -1.48. The molecule has 1 aromatic carbocycles. The number of fused-ring (bicyclic) bond motifs is 5. The molecule has 10 nitrogen and oxygen atoms in total. The molecule has 0 radical (unpaired) electrons. The molecular weight excluding hydrogens is 490 g/mol. The Labute approximate surface area is 218 Å². The first-order valence-corrected chi connectivity index (χ1v) is 12.5. The molecule has 0 unspecified atom stereocenters. The highest BCUT2D eigenvalue weighted by Crippen LogP contribution is 2.36. The van der Waals surface area contributed by atoms with Crippen LogP contribution in [0.5, 0.6) is 0 Å².